The van der Waals surface area contributed by atoms with Gasteiger partial charge in [0.05, 0.1) is 0 Å². The number of rotatable bonds is 8. The van der Waals surface area contributed by atoms with E-state index in [4.69, 9.17) is 4.74 Å². The van der Waals surface area contributed by atoms with Gasteiger partial charge in [-0.1, -0.05) is 97.1 Å². The summed E-state index contributed by atoms with van der Waals surface area (Å²) in [5.41, 5.74) is 3.77. The Kier molecular flexibility index (Phi) is 5.85. The molecule has 0 saturated heterocycles. The Morgan fingerprint density at radius 3 is 1.89 bits per heavy atom. The molecule has 4 aromatic rings. The third-order valence-electron chi connectivity index (χ3n) is 7.99. The van der Waals surface area contributed by atoms with E-state index >= 15 is 0 Å². The summed E-state index contributed by atoms with van der Waals surface area (Å²) in [5.74, 6) is 1.62. The summed E-state index contributed by atoms with van der Waals surface area (Å²) in [6.07, 6.45) is 4.74. The molecule has 0 radical (unpaired) electrons. The molecule has 0 aromatic heterocycles. The molecular weight excluding hydrogens is 442 g/mol. The van der Waals surface area contributed by atoms with Crippen molar-refractivity contribution in [2.75, 3.05) is 6.54 Å². The quantitative estimate of drug-likeness (QED) is 0.301. The van der Waals surface area contributed by atoms with Crippen molar-refractivity contribution in [3.05, 3.63) is 131 Å². The molecule has 1 aliphatic heterocycles. The maximum Gasteiger partial charge on any atom is 0.235 e. The van der Waals surface area contributed by atoms with Gasteiger partial charge in [-0.2, -0.15) is 0 Å². The van der Waals surface area contributed by atoms with Gasteiger partial charge in [0.2, 0.25) is 5.91 Å². The van der Waals surface area contributed by atoms with Crippen molar-refractivity contribution in [2.24, 2.45) is 0 Å². The summed E-state index contributed by atoms with van der Waals surface area (Å²) in [5, 5.41) is 3.43. The Labute approximate surface area is 213 Å². The molecule has 1 amide bonds. The van der Waals surface area contributed by atoms with Crippen molar-refractivity contribution < 1.29 is 9.53 Å². The van der Waals surface area contributed by atoms with Crippen molar-refractivity contribution in [3.8, 4) is 11.5 Å². The van der Waals surface area contributed by atoms with E-state index in [0.29, 0.717) is 13.0 Å². The monoisotopic (exact) mass is 473 g/mol. The first-order valence-corrected chi connectivity index (χ1v) is 13.0. The zero-order valence-electron chi connectivity index (χ0n) is 20.5. The summed E-state index contributed by atoms with van der Waals surface area (Å²) in [4.78, 5) is 14.4. The maximum absolute atomic E-state index is 14.4. The van der Waals surface area contributed by atoms with Crippen molar-refractivity contribution in [1.29, 1.82) is 0 Å². The maximum atomic E-state index is 14.4. The topological polar surface area (TPSA) is 38.3 Å². The fraction of sp³-hybridized carbons (Fsp3) is 0.242. The molecule has 36 heavy (non-hydrogen) atoms. The Hall–Kier alpha value is -3.85. The van der Waals surface area contributed by atoms with Crippen molar-refractivity contribution in [3.63, 3.8) is 0 Å². The molecule has 3 heteroatoms. The summed E-state index contributed by atoms with van der Waals surface area (Å²) in [6, 6.07) is 37.2. The lowest BCUT2D eigenvalue weighted by Crippen LogP contribution is -2.48. The highest BCUT2D eigenvalue weighted by atomic mass is 16.5. The van der Waals surface area contributed by atoms with Crippen LogP contribution < -0.4 is 10.1 Å². The Morgan fingerprint density at radius 2 is 1.28 bits per heavy atom. The normalized spacial score (nSPS) is 16.2. The van der Waals surface area contributed by atoms with E-state index in [-0.39, 0.29) is 11.3 Å². The summed E-state index contributed by atoms with van der Waals surface area (Å²) >= 11 is 0. The second-order valence-corrected chi connectivity index (χ2v) is 10.2. The zero-order valence-corrected chi connectivity index (χ0v) is 20.5. The molecule has 4 aromatic carbocycles. The fourth-order valence-electron chi connectivity index (χ4n) is 5.82. The van der Waals surface area contributed by atoms with Crippen LogP contribution in [-0.2, 0) is 22.0 Å². The van der Waals surface area contributed by atoms with Gasteiger partial charge in [0.25, 0.3) is 0 Å². The number of benzene rings is 4. The molecule has 0 unspecified atom stereocenters. The molecule has 0 atom stereocenters. The van der Waals surface area contributed by atoms with Gasteiger partial charge < -0.3 is 10.1 Å². The predicted octanol–water partition coefficient (Wildman–Crippen LogP) is 6.95. The molecule has 1 saturated carbocycles. The van der Waals surface area contributed by atoms with E-state index in [1.807, 2.05) is 42.5 Å². The number of aryl methyl sites for hydroxylation is 1. The summed E-state index contributed by atoms with van der Waals surface area (Å²) in [6.45, 7) is 0.654. The first-order valence-electron chi connectivity index (χ1n) is 13.0. The van der Waals surface area contributed by atoms with Crippen molar-refractivity contribution >= 4 is 5.91 Å². The average molecular weight is 474 g/mol. The number of carbonyl (C=O) groups is 1. The third kappa shape index (κ3) is 3.99. The summed E-state index contributed by atoms with van der Waals surface area (Å²) < 4.78 is 6.29. The van der Waals surface area contributed by atoms with Crippen LogP contribution in [0, 0.1) is 0 Å². The molecule has 3 nitrogen and oxygen atoms in total. The van der Waals surface area contributed by atoms with Crippen LogP contribution >= 0.6 is 0 Å². The molecule has 2 aliphatic rings. The molecule has 1 fully saturated rings. The molecule has 1 N–H and O–H groups in total. The first kappa shape index (κ1) is 22.6. The van der Waals surface area contributed by atoms with Crippen molar-refractivity contribution in [2.45, 2.75) is 42.9 Å². The highest BCUT2D eigenvalue weighted by Crippen LogP contribution is 2.52. The predicted molar refractivity (Wildman–Crippen MR) is 143 cm³/mol. The van der Waals surface area contributed by atoms with Gasteiger partial charge in [0.1, 0.15) is 16.9 Å². The molecule has 180 valence electrons. The highest BCUT2D eigenvalue weighted by Gasteiger charge is 2.50. The molecule has 1 heterocycles. The van der Waals surface area contributed by atoms with E-state index in [9.17, 15) is 4.79 Å². The van der Waals surface area contributed by atoms with Gasteiger partial charge >= 0.3 is 0 Å². The molecule has 1 aliphatic carbocycles. The number of ether oxygens (including phenoxy) is 1. The van der Waals surface area contributed by atoms with Crippen LogP contribution in [0.15, 0.2) is 109 Å². The minimum Gasteiger partial charge on any atom is -0.457 e. The smallest absolute Gasteiger partial charge is 0.235 e. The van der Waals surface area contributed by atoms with Crippen LogP contribution in [0.2, 0.25) is 0 Å². The lowest BCUT2D eigenvalue weighted by Gasteiger charge is -2.39. The summed E-state index contributed by atoms with van der Waals surface area (Å²) in [7, 11) is 0. The van der Waals surface area contributed by atoms with E-state index in [1.54, 1.807) is 0 Å². The van der Waals surface area contributed by atoms with E-state index in [0.717, 1.165) is 48.3 Å². The average Bonchev–Trinajstić information content (AvgIpc) is 3.73. The number of amides is 1. The highest BCUT2D eigenvalue weighted by molar-refractivity contribution is 5.94. The van der Waals surface area contributed by atoms with Crippen LogP contribution in [0.25, 0.3) is 0 Å². The Balaban J connectivity index is 1.36. The van der Waals surface area contributed by atoms with Crippen molar-refractivity contribution in [1.82, 2.24) is 5.32 Å². The largest absolute Gasteiger partial charge is 0.457 e. The second-order valence-electron chi connectivity index (χ2n) is 10.2. The fourth-order valence-corrected chi connectivity index (χ4v) is 5.82. The number of hydrogen-bond donors (Lipinski definition) is 1. The van der Waals surface area contributed by atoms with Gasteiger partial charge in [-0.05, 0) is 55.4 Å². The van der Waals surface area contributed by atoms with Crippen LogP contribution in [0.4, 0.5) is 0 Å². The van der Waals surface area contributed by atoms with Gasteiger partial charge in [0.15, 0.2) is 0 Å². The van der Waals surface area contributed by atoms with Crippen LogP contribution in [0.3, 0.4) is 0 Å². The molecule has 0 spiro atoms. The lowest BCUT2D eigenvalue weighted by molar-refractivity contribution is -0.126. The number of fused-ring (bicyclic) bond motifs is 2. The first-order chi connectivity index (χ1) is 17.7. The minimum absolute atomic E-state index is 0.0480. The Morgan fingerprint density at radius 1 is 0.722 bits per heavy atom. The molecular formula is C33H31NO2. The number of hydrogen-bond acceptors (Lipinski definition) is 2. The van der Waals surface area contributed by atoms with Gasteiger partial charge in [-0.25, -0.2) is 0 Å². The number of nitrogens with one attached hydrogen (secondary N) is 1. The van der Waals surface area contributed by atoms with Gasteiger partial charge in [-0.3, -0.25) is 4.79 Å². The molecule has 0 bridgehead atoms. The van der Waals surface area contributed by atoms with Gasteiger partial charge in [-0.15, -0.1) is 0 Å². The van der Waals surface area contributed by atoms with Crippen LogP contribution in [0.5, 0.6) is 11.5 Å². The SMILES string of the molecule is O=C(NCC1(c2ccccc2)CC1)C1(CCCc2ccccc2)c2ccccc2Oc2ccccc21. The standard InChI is InChI=1S/C33H31NO2/c35-31(34-24-32(22-23-32)26-15-5-2-6-16-26)33(21-11-14-25-12-3-1-4-13-25)27-17-7-9-19-29(27)36-30-20-10-8-18-28(30)33/h1-10,12-13,15-20H,11,14,21-24H2,(H,34,35). The van der Waals surface area contributed by atoms with Gasteiger partial charge in [0, 0.05) is 23.1 Å². The molecule has 6 rings (SSSR count). The zero-order chi connectivity index (χ0) is 24.4. The number of carbonyl (C=O) groups excluding carboxylic acids is 1. The Bertz CT molecular complexity index is 1310. The van der Waals surface area contributed by atoms with E-state index in [2.05, 4.69) is 72.0 Å². The van der Waals surface area contributed by atoms with E-state index < -0.39 is 5.41 Å². The van der Waals surface area contributed by atoms with Crippen LogP contribution in [-0.4, -0.2) is 12.5 Å². The number of para-hydroxylation sites is 2. The van der Waals surface area contributed by atoms with Crippen LogP contribution in [0.1, 0.15) is 47.9 Å². The lowest BCUT2D eigenvalue weighted by atomic mass is 9.68. The second kappa shape index (κ2) is 9.31. The minimum atomic E-state index is -0.799. The third-order valence-corrected chi connectivity index (χ3v) is 7.99. The van der Waals surface area contributed by atoms with E-state index in [1.165, 1.54) is 11.1 Å².